The number of thiophene rings is 1. The van der Waals surface area contributed by atoms with Gasteiger partial charge in [-0.05, 0) is 54.7 Å². The summed E-state index contributed by atoms with van der Waals surface area (Å²) < 4.78 is 2.00. The average Bonchev–Trinajstić information content (AvgIpc) is 3.35. The van der Waals surface area contributed by atoms with Gasteiger partial charge < -0.3 is 9.88 Å². The van der Waals surface area contributed by atoms with Crippen LogP contribution in [-0.4, -0.2) is 15.5 Å². The van der Waals surface area contributed by atoms with E-state index in [2.05, 4.69) is 34.6 Å². The highest BCUT2D eigenvalue weighted by Gasteiger charge is 2.25. The molecule has 134 valence electrons. The number of hydrogen-bond acceptors (Lipinski definition) is 3. The predicted octanol–water partition coefficient (Wildman–Crippen LogP) is 4.89. The Morgan fingerprint density at radius 1 is 1.11 bits per heavy atom. The molecule has 4 nitrogen and oxygen atoms in total. The van der Waals surface area contributed by atoms with Gasteiger partial charge in [-0.1, -0.05) is 24.3 Å². The Hall–Kier alpha value is -2.92. The fourth-order valence-corrected chi connectivity index (χ4v) is 4.99. The Labute approximate surface area is 161 Å². The smallest absolute Gasteiger partial charge is 0.264 e. The lowest BCUT2D eigenvalue weighted by Gasteiger charge is -2.26. The molecule has 1 amide bonds. The first-order valence-electron chi connectivity index (χ1n) is 9.21. The van der Waals surface area contributed by atoms with Gasteiger partial charge in [-0.15, -0.1) is 11.3 Å². The molecule has 1 atom stereocenters. The number of nitrogens with zero attached hydrogens (tertiary/aromatic N) is 2. The summed E-state index contributed by atoms with van der Waals surface area (Å²) in [7, 11) is 0. The number of carbonyl (C=O) groups excluding carboxylic acids is 1. The first kappa shape index (κ1) is 16.3. The topological polar surface area (TPSA) is 46.9 Å². The van der Waals surface area contributed by atoms with Gasteiger partial charge in [-0.2, -0.15) is 0 Å². The van der Waals surface area contributed by atoms with E-state index in [4.69, 9.17) is 0 Å². The number of fused-ring (bicyclic) bond motifs is 2. The molecule has 4 aromatic rings. The van der Waals surface area contributed by atoms with E-state index in [-0.39, 0.29) is 11.9 Å². The zero-order valence-electron chi connectivity index (χ0n) is 14.8. The number of aryl methyl sites for hydroxylation is 1. The fourth-order valence-electron chi connectivity index (χ4n) is 3.94. The Balaban J connectivity index is 1.55. The van der Waals surface area contributed by atoms with Crippen LogP contribution in [0.4, 0.5) is 0 Å². The first-order valence-corrected chi connectivity index (χ1v) is 10.0. The van der Waals surface area contributed by atoms with Gasteiger partial charge in [0.1, 0.15) is 9.71 Å². The minimum absolute atomic E-state index is 0.0246. The lowest BCUT2D eigenvalue weighted by atomic mass is 9.88. The van der Waals surface area contributed by atoms with Crippen LogP contribution in [0.2, 0.25) is 0 Å². The van der Waals surface area contributed by atoms with Gasteiger partial charge in [0.2, 0.25) is 0 Å². The van der Waals surface area contributed by atoms with Gasteiger partial charge in [0.15, 0.2) is 0 Å². The van der Waals surface area contributed by atoms with Crippen molar-refractivity contribution in [3.8, 4) is 5.69 Å². The number of aromatic nitrogens is 2. The molecule has 0 saturated carbocycles. The lowest BCUT2D eigenvalue weighted by molar-refractivity contribution is 0.0937. The highest BCUT2D eigenvalue weighted by molar-refractivity contribution is 7.21. The Kier molecular flexibility index (Phi) is 4.02. The van der Waals surface area contributed by atoms with E-state index in [1.54, 1.807) is 6.20 Å². The second-order valence-corrected chi connectivity index (χ2v) is 7.84. The maximum Gasteiger partial charge on any atom is 0.264 e. The van der Waals surface area contributed by atoms with Crippen molar-refractivity contribution in [3.63, 3.8) is 0 Å². The molecule has 0 spiro atoms. The first-order chi connectivity index (χ1) is 13.3. The second kappa shape index (κ2) is 6.67. The molecule has 3 heterocycles. The van der Waals surface area contributed by atoms with Gasteiger partial charge in [-0.25, -0.2) is 4.98 Å². The zero-order chi connectivity index (χ0) is 18.2. The van der Waals surface area contributed by atoms with Gasteiger partial charge in [-0.3, -0.25) is 4.79 Å². The standard InChI is InChI=1S/C22H19N3OS/c26-21(24-18-11-5-8-15-7-1-2-9-16(15)18)20-19(25-13-3-4-14-25)17-10-6-12-23-22(17)27-20/h1-4,6-7,9-10,12-14,18H,5,8,11H2,(H,24,26)/t18-/m0/s1. The number of rotatable bonds is 3. The number of pyridine rings is 1. The van der Waals surface area contributed by atoms with Crippen molar-refractivity contribution >= 4 is 27.5 Å². The fraction of sp³-hybridized carbons (Fsp3) is 0.182. The third kappa shape index (κ3) is 2.84. The van der Waals surface area contributed by atoms with Crippen molar-refractivity contribution in [1.29, 1.82) is 0 Å². The quantitative estimate of drug-likeness (QED) is 0.555. The van der Waals surface area contributed by atoms with Crippen molar-refractivity contribution in [2.75, 3.05) is 0 Å². The van der Waals surface area contributed by atoms with Crippen LogP contribution in [0.25, 0.3) is 15.9 Å². The van der Waals surface area contributed by atoms with Crippen LogP contribution in [0.15, 0.2) is 67.1 Å². The molecule has 0 unspecified atom stereocenters. The summed E-state index contributed by atoms with van der Waals surface area (Å²) >= 11 is 1.46. The van der Waals surface area contributed by atoms with E-state index in [1.165, 1.54) is 22.5 Å². The number of hydrogen-bond donors (Lipinski definition) is 1. The Morgan fingerprint density at radius 2 is 1.96 bits per heavy atom. The summed E-state index contributed by atoms with van der Waals surface area (Å²) in [6, 6.07) is 16.4. The van der Waals surface area contributed by atoms with Crippen LogP contribution >= 0.6 is 11.3 Å². The van der Waals surface area contributed by atoms with Gasteiger partial charge in [0, 0.05) is 24.0 Å². The second-order valence-electron chi connectivity index (χ2n) is 6.84. The molecule has 0 fully saturated rings. The highest BCUT2D eigenvalue weighted by atomic mass is 32.1. The summed E-state index contributed by atoms with van der Waals surface area (Å²) in [5, 5.41) is 4.29. The minimum Gasteiger partial charge on any atom is -0.344 e. The van der Waals surface area contributed by atoms with Crippen LogP contribution < -0.4 is 5.32 Å². The number of nitrogens with one attached hydrogen (secondary N) is 1. The highest BCUT2D eigenvalue weighted by Crippen LogP contribution is 2.35. The van der Waals surface area contributed by atoms with E-state index < -0.39 is 0 Å². The summed E-state index contributed by atoms with van der Waals surface area (Å²) in [5.74, 6) is -0.0246. The minimum atomic E-state index is -0.0246. The molecule has 5 heteroatoms. The molecule has 1 aromatic carbocycles. The number of carbonyl (C=O) groups is 1. The van der Waals surface area contributed by atoms with Crippen molar-refractivity contribution in [1.82, 2.24) is 14.9 Å². The summed E-state index contributed by atoms with van der Waals surface area (Å²) in [4.78, 5) is 19.3. The molecule has 3 aromatic heterocycles. The molecule has 1 aliphatic rings. The van der Waals surface area contributed by atoms with Gasteiger partial charge >= 0.3 is 0 Å². The molecule has 0 bridgehead atoms. The summed E-state index contributed by atoms with van der Waals surface area (Å²) in [6.45, 7) is 0. The maximum atomic E-state index is 13.3. The Bertz CT molecular complexity index is 1110. The maximum absolute atomic E-state index is 13.3. The Morgan fingerprint density at radius 3 is 2.85 bits per heavy atom. The van der Waals surface area contributed by atoms with E-state index in [1.807, 2.05) is 41.2 Å². The van der Waals surface area contributed by atoms with Crippen molar-refractivity contribution < 1.29 is 4.79 Å². The van der Waals surface area contributed by atoms with Crippen molar-refractivity contribution in [3.05, 3.63) is 83.1 Å². The molecule has 1 N–H and O–H groups in total. The van der Waals surface area contributed by atoms with Crippen molar-refractivity contribution in [2.45, 2.75) is 25.3 Å². The van der Waals surface area contributed by atoms with Crippen LogP contribution in [0.3, 0.4) is 0 Å². The molecule has 0 radical (unpaired) electrons. The average molecular weight is 373 g/mol. The van der Waals surface area contributed by atoms with Crippen LogP contribution in [0, 0.1) is 0 Å². The lowest BCUT2D eigenvalue weighted by Crippen LogP contribution is -2.31. The third-order valence-corrected chi connectivity index (χ3v) is 6.29. The predicted molar refractivity (Wildman–Crippen MR) is 109 cm³/mol. The number of amides is 1. The monoisotopic (exact) mass is 373 g/mol. The van der Waals surface area contributed by atoms with E-state index >= 15 is 0 Å². The zero-order valence-corrected chi connectivity index (χ0v) is 15.6. The van der Waals surface area contributed by atoms with E-state index in [9.17, 15) is 4.79 Å². The molecular weight excluding hydrogens is 354 g/mol. The third-order valence-electron chi connectivity index (χ3n) is 5.18. The SMILES string of the molecule is O=C(N[C@H]1CCCc2ccccc21)c1sc2ncccc2c1-n1cccc1. The molecule has 0 aliphatic heterocycles. The summed E-state index contributed by atoms with van der Waals surface area (Å²) in [5.41, 5.74) is 3.51. The van der Waals surface area contributed by atoms with Crippen LogP contribution in [0.5, 0.6) is 0 Å². The van der Waals surface area contributed by atoms with Crippen LogP contribution in [0.1, 0.15) is 39.7 Å². The van der Waals surface area contributed by atoms with E-state index in [0.29, 0.717) is 4.88 Å². The number of benzene rings is 1. The van der Waals surface area contributed by atoms with E-state index in [0.717, 1.165) is 35.2 Å². The molecule has 1 aliphatic carbocycles. The van der Waals surface area contributed by atoms with Gasteiger partial charge in [0.25, 0.3) is 5.91 Å². The largest absolute Gasteiger partial charge is 0.344 e. The molecular formula is C22H19N3OS. The van der Waals surface area contributed by atoms with Crippen LogP contribution in [-0.2, 0) is 6.42 Å². The normalized spacial score (nSPS) is 16.2. The molecule has 0 saturated heterocycles. The van der Waals surface area contributed by atoms with Gasteiger partial charge in [0.05, 0.1) is 11.7 Å². The summed E-state index contributed by atoms with van der Waals surface area (Å²) in [6.07, 6.45) is 8.88. The molecule has 5 rings (SSSR count). The van der Waals surface area contributed by atoms with Crippen molar-refractivity contribution in [2.24, 2.45) is 0 Å². The molecule has 27 heavy (non-hydrogen) atoms.